The molecule has 0 N–H and O–H groups in total. The van der Waals surface area contributed by atoms with Crippen LogP contribution in [-0.4, -0.2) is 23.7 Å². The summed E-state index contributed by atoms with van der Waals surface area (Å²) in [6.45, 7) is 0. The number of alkyl halides is 2. The number of hydrogen-bond acceptors (Lipinski definition) is 2. The number of methoxy groups -OCH3 is 1. The molecule has 0 fully saturated rings. The Balaban J connectivity index is 3.68. The topological polar surface area (TPSA) is 26.3 Å². The Kier molecular flexibility index (Phi) is 6.43. The van der Waals surface area contributed by atoms with E-state index in [0.717, 1.165) is 11.8 Å². The summed E-state index contributed by atoms with van der Waals surface area (Å²) in [5.74, 6) is -0.152. The van der Waals surface area contributed by atoms with E-state index in [1.54, 1.807) is 0 Å². The van der Waals surface area contributed by atoms with E-state index >= 15 is 0 Å². The second kappa shape index (κ2) is 6.16. The predicted molar refractivity (Wildman–Crippen MR) is 47.7 cm³/mol. The molecular weight excluding hydrogens is 264 g/mol. The monoisotopic (exact) mass is 272 g/mol. The van der Waals surface area contributed by atoms with E-state index in [-0.39, 0.29) is 11.9 Å². The first-order valence-electron chi connectivity index (χ1n) is 2.96. The molecule has 1 atom stereocenters. The van der Waals surface area contributed by atoms with Gasteiger partial charge in [0.25, 0.3) is 0 Å². The van der Waals surface area contributed by atoms with Gasteiger partial charge in [-0.05, 0) is 6.42 Å². The second-order valence-electron chi connectivity index (χ2n) is 1.85. The highest BCUT2D eigenvalue weighted by molar-refractivity contribution is 9.09. The highest BCUT2D eigenvalue weighted by atomic mass is 79.9. The van der Waals surface area contributed by atoms with Crippen LogP contribution in [0.4, 0.5) is 0 Å². The van der Waals surface area contributed by atoms with Crippen LogP contribution < -0.4 is 0 Å². The third-order valence-corrected chi connectivity index (χ3v) is 2.42. The number of esters is 1. The van der Waals surface area contributed by atoms with Crippen LogP contribution in [0, 0.1) is 5.92 Å². The number of carbonyl (C=O) groups is 1. The summed E-state index contributed by atoms with van der Waals surface area (Å²) in [5.41, 5.74) is 0. The average Bonchev–Trinajstić information content (AvgIpc) is 1.99. The van der Waals surface area contributed by atoms with Gasteiger partial charge >= 0.3 is 5.97 Å². The Labute approximate surface area is 77.6 Å². The van der Waals surface area contributed by atoms with Crippen LogP contribution in [0.5, 0.6) is 0 Å². The molecule has 0 aliphatic heterocycles. The molecule has 60 valence electrons. The van der Waals surface area contributed by atoms with Gasteiger partial charge in [0.1, 0.15) is 0 Å². The molecule has 0 saturated heterocycles. The quantitative estimate of drug-likeness (QED) is 0.578. The molecule has 4 heteroatoms. The first-order chi connectivity index (χ1) is 4.76. The molecule has 10 heavy (non-hydrogen) atoms. The zero-order valence-electron chi connectivity index (χ0n) is 5.77. The van der Waals surface area contributed by atoms with E-state index in [0.29, 0.717) is 5.33 Å². The maximum absolute atomic E-state index is 10.9. The summed E-state index contributed by atoms with van der Waals surface area (Å²) in [6, 6.07) is 0. The number of halogens is 2. The number of carbonyl (C=O) groups excluding carboxylic acids is 1. The van der Waals surface area contributed by atoms with Crippen LogP contribution in [0.15, 0.2) is 0 Å². The van der Waals surface area contributed by atoms with Crippen molar-refractivity contribution >= 4 is 37.8 Å². The molecule has 0 aliphatic carbocycles. The Morgan fingerprint density at radius 2 is 2.20 bits per heavy atom. The third kappa shape index (κ3) is 3.56. The van der Waals surface area contributed by atoms with Gasteiger partial charge in [-0.2, -0.15) is 0 Å². The summed E-state index contributed by atoms with van der Waals surface area (Å²) < 4.78 is 4.57. The highest BCUT2D eigenvalue weighted by Crippen LogP contribution is 2.10. The standard InChI is InChI=1S/C6H10Br2O2/c1-10-6(9)5(4-8)2-3-7/h5H,2-4H2,1H3. The zero-order valence-corrected chi connectivity index (χ0v) is 8.94. The molecule has 0 radical (unpaired) electrons. The molecular formula is C6H10Br2O2. The molecule has 0 bridgehead atoms. The van der Waals surface area contributed by atoms with Crippen LogP contribution in [0.3, 0.4) is 0 Å². The van der Waals surface area contributed by atoms with E-state index in [1.165, 1.54) is 7.11 Å². The highest BCUT2D eigenvalue weighted by Gasteiger charge is 2.15. The van der Waals surface area contributed by atoms with Gasteiger partial charge in [0.2, 0.25) is 0 Å². The Bertz CT molecular complexity index is 106. The first kappa shape index (κ1) is 10.4. The van der Waals surface area contributed by atoms with Crippen molar-refractivity contribution in [1.29, 1.82) is 0 Å². The fraction of sp³-hybridized carbons (Fsp3) is 0.833. The van der Waals surface area contributed by atoms with Gasteiger partial charge in [-0.25, -0.2) is 0 Å². The lowest BCUT2D eigenvalue weighted by Gasteiger charge is -2.08. The third-order valence-electron chi connectivity index (χ3n) is 1.18. The summed E-state index contributed by atoms with van der Waals surface area (Å²) in [4.78, 5) is 10.9. The van der Waals surface area contributed by atoms with E-state index in [2.05, 4.69) is 36.6 Å². The van der Waals surface area contributed by atoms with Crippen molar-refractivity contribution in [2.75, 3.05) is 17.8 Å². The van der Waals surface area contributed by atoms with Gasteiger partial charge in [0.15, 0.2) is 0 Å². The maximum Gasteiger partial charge on any atom is 0.309 e. The maximum atomic E-state index is 10.9. The molecule has 0 aliphatic rings. The molecule has 0 aromatic rings. The first-order valence-corrected chi connectivity index (χ1v) is 5.20. The normalized spacial score (nSPS) is 12.7. The van der Waals surface area contributed by atoms with Crippen molar-refractivity contribution in [2.24, 2.45) is 5.92 Å². The molecule has 1 unspecified atom stereocenters. The Hall–Kier alpha value is 0.430. The molecule has 0 heterocycles. The van der Waals surface area contributed by atoms with Gasteiger partial charge in [0, 0.05) is 10.7 Å². The average molecular weight is 274 g/mol. The number of ether oxygens (including phenoxy) is 1. The lowest BCUT2D eigenvalue weighted by Crippen LogP contribution is -2.17. The van der Waals surface area contributed by atoms with Crippen molar-refractivity contribution in [3.8, 4) is 0 Å². The van der Waals surface area contributed by atoms with Gasteiger partial charge in [-0.15, -0.1) is 0 Å². The largest absolute Gasteiger partial charge is 0.469 e. The minimum absolute atomic E-state index is 0.00984. The molecule has 0 aromatic carbocycles. The molecule has 0 rings (SSSR count). The smallest absolute Gasteiger partial charge is 0.309 e. The fourth-order valence-electron chi connectivity index (χ4n) is 0.556. The predicted octanol–water partition coefficient (Wildman–Crippen LogP) is 1.96. The van der Waals surface area contributed by atoms with Crippen molar-refractivity contribution < 1.29 is 9.53 Å². The fourth-order valence-corrected chi connectivity index (χ4v) is 1.70. The lowest BCUT2D eigenvalue weighted by atomic mass is 10.1. The van der Waals surface area contributed by atoms with Crippen LogP contribution in [0.1, 0.15) is 6.42 Å². The van der Waals surface area contributed by atoms with Gasteiger partial charge in [-0.1, -0.05) is 31.9 Å². The Morgan fingerprint density at radius 3 is 2.50 bits per heavy atom. The van der Waals surface area contributed by atoms with E-state index in [4.69, 9.17) is 0 Å². The molecule has 0 aromatic heterocycles. The van der Waals surface area contributed by atoms with Gasteiger partial charge in [-0.3, -0.25) is 4.79 Å². The van der Waals surface area contributed by atoms with Crippen LogP contribution in [0.2, 0.25) is 0 Å². The molecule has 0 amide bonds. The number of rotatable bonds is 4. The van der Waals surface area contributed by atoms with Crippen molar-refractivity contribution in [3.05, 3.63) is 0 Å². The minimum Gasteiger partial charge on any atom is -0.469 e. The summed E-state index contributed by atoms with van der Waals surface area (Å²) in [7, 11) is 1.41. The van der Waals surface area contributed by atoms with Gasteiger partial charge < -0.3 is 4.74 Å². The number of hydrogen-bond donors (Lipinski definition) is 0. The zero-order chi connectivity index (χ0) is 7.98. The summed E-state index contributed by atoms with van der Waals surface area (Å²) >= 11 is 6.50. The molecule has 0 spiro atoms. The van der Waals surface area contributed by atoms with Crippen LogP contribution in [0.25, 0.3) is 0 Å². The second-order valence-corrected chi connectivity index (χ2v) is 3.29. The van der Waals surface area contributed by atoms with Crippen LogP contribution >= 0.6 is 31.9 Å². The SMILES string of the molecule is COC(=O)C(CBr)CCBr. The van der Waals surface area contributed by atoms with Gasteiger partial charge in [0.05, 0.1) is 13.0 Å². The van der Waals surface area contributed by atoms with E-state index < -0.39 is 0 Å². The van der Waals surface area contributed by atoms with Crippen molar-refractivity contribution in [2.45, 2.75) is 6.42 Å². The molecule has 0 saturated carbocycles. The van der Waals surface area contributed by atoms with Crippen LogP contribution in [-0.2, 0) is 9.53 Å². The van der Waals surface area contributed by atoms with E-state index in [1.807, 2.05) is 0 Å². The van der Waals surface area contributed by atoms with Crippen molar-refractivity contribution in [1.82, 2.24) is 0 Å². The summed E-state index contributed by atoms with van der Waals surface area (Å²) in [6.07, 6.45) is 0.817. The lowest BCUT2D eigenvalue weighted by molar-refractivity contribution is -0.144. The minimum atomic E-state index is -0.142. The van der Waals surface area contributed by atoms with E-state index in [9.17, 15) is 4.79 Å². The summed E-state index contributed by atoms with van der Waals surface area (Å²) in [5, 5.41) is 1.50. The molecule has 2 nitrogen and oxygen atoms in total. The van der Waals surface area contributed by atoms with Crippen molar-refractivity contribution in [3.63, 3.8) is 0 Å². The Morgan fingerprint density at radius 1 is 1.60 bits per heavy atom.